The van der Waals surface area contributed by atoms with E-state index in [4.69, 9.17) is 4.74 Å². The van der Waals surface area contributed by atoms with Gasteiger partial charge in [0.05, 0.1) is 17.9 Å². The van der Waals surface area contributed by atoms with E-state index in [9.17, 15) is 14.4 Å². The molecule has 8 heteroatoms. The fraction of sp³-hybridized carbons (Fsp3) is 0.148. The van der Waals surface area contributed by atoms with Gasteiger partial charge in [0.1, 0.15) is 10.6 Å². The van der Waals surface area contributed by atoms with Crippen molar-refractivity contribution >= 4 is 63.5 Å². The van der Waals surface area contributed by atoms with E-state index in [1.807, 2.05) is 62.4 Å². The van der Waals surface area contributed by atoms with Crippen LogP contribution in [0, 0.1) is 10.5 Å². The zero-order valence-corrected chi connectivity index (χ0v) is 22.2. The molecule has 3 aromatic rings. The van der Waals surface area contributed by atoms with Crippen molar-refractivity contribution in [2.24, 2.45) is 0 Å². The first kappa shape index (κ1) is 25.0. The van der Waals surface area contributed by atoms with E-state index in [2.05, 4.69) is 27.9 Å². The monoisotopic (exact) mass is 598 g/mol. The number of esters is 1. The second-order valence-electron chi connectivity index (χ2n) is 7.85. The summed E-state index contributed by atoms with van der Waals surface area (Å²) in [7, 11) is 0. The summed E-state index contributed by atoms with van der Waals surface area (Å²) in [6.07, 6.45) is 0.665. The van der Waals surface area contributed by atoms with Gasteiger partial charge in [-0.05, 0) is 84.5 Å². The molecule has 35 heavy (non-hydrogen) atoms. The third kappa shape index (κ3) is 5.59. The molecule has 178 valence electrons. The first-order chi connectivity index (χ1) is 16.9. The Morgan fingerprint density at radius 1 is 0.971 bits per heavy atom. The average Bonchev–Trinajstić information content (AvgIpc) is 3.09. The number of amides is 2. The normalized spacial score (nSPS) is 13.4. The smallest absolute Gasteiger partial charge is 0.340 e. The van der Waals surface area contributed by atoms with Crippen molar-refractivity contribution in [2.45, 2.75) is 25.2 Å². The Bertz CT molecular complexity index is 1230. The molecule has 0 spiro atoms. The summed E-state index contributed by atoms with van der Waals surface area (Å²) in [5.41, 5.74) is 2.30. The number of carbonyl (C=O) groups excluding carboxylic acids is 3. The van der Waals surface area contributed by atoms with Gasteiger partial charge in [-0.1, -0.05) is 48.5 Å². The Hall–Kier alpha value is -3.11. The van der Waals surface area contributed by atoms with Crippen LogP contribution >= 0.6 is 34.4 Å². The number of nitrogens with one attached hydrogen (secondary N) is 1. The van der Waals surface area contributed by atoms with E-state index in [0.717, 1.165) is 18.9 Å². The second kappa shape index (κ2) is 11.1. The molecule has 1 heterocycles. The van der Waals surface area contributed by atoms with Crippen molar-refractivity contribution in [1.29, 1.82) is 0 Å². The highest BCUT2D eigenvalue weighted by atomic mass is 127. The van der Waals surface area contributed by atoms with E-state index < -0.39 is 17.8 Å². The minimum atomic E-state index is -0.574. The van der Waals surface area contributed by atoms with Crippen LogP contribution < -0.4 is 10.2 Å². The van der Waals surface area contributed by atoms with Crippen LogP contribution in [0.2, 0.25) is 0 Å². The number of ether oxygens (including phenoxy) is 1. The highest BCUT2D eigenvalue weighted by Gasteiger charge is 2.41. The van der Waals surface area contributed by atoms with Gasteiger partial charge in [0, 0.05) is 14.2 Å². The third-order valence-electron chi connectivity index (χ3n) is 5.20. The molecule has 3 aromatic carbocycles. The van der Waals surface area contributed by atoms with Crippen molar-refractivity contribution in [3.63, 3.8) is 0 Å². The summed E-state index contributed by atoms with van der Waals surface area (Å²) in [4.78, 5) is 42.1. The highest BCUT2D eigenvalue weighted by Crippen LogP contribution is 2.39. The standard InChI is InChI=1S/C27H23IN2O4S/c1-3-16-34-27(33)21-6-4-5-7-22(21)30-25(31)23(29-19-12-10-18(28)11-13-19)24(26(30)32)35-20-14-8-17(2)9-15-20/h4-15,29H,3,16H2,1-2H3. The summed E-state index contributed by atoms with van der Waals surface area (Å²) in [6, 6.07) is 21.7. The van der Waals surface area contributed by atoms with E-state index in [0.29, 0.717) is 12.1 Å². The Morgan fingerprint density at radius 2 is 1.66 bits per heavy atom. The zero-order valence-electron chi connectivity index (χ0n) is 19.2. The number of aryl methyl sites for hydroxylation is 1. The first-order valence-electron chi connectivity index (χ1n) is 11.1. The number of hydrogen-bond acceptors (Lipinski definition) is 6. The van der Waals surface area contributed by atoms with Crippen molar-refractivity contribution < 1.29 is 19.1 Å². The molecule has 0 aliphatic carbocycles. The summed E-state index contributed by atoms with van der Waals surface area (Å²) >= 11 is 3.42. The molecule has 0 bridgehead atoms. The van der Waals surface area contributed by atoms with Crippen molar-refractivity contribution in [1.82, 2.24) is 0 Å². The number of para-hydroxylation sites is 1. The molecule has 0 saturated heterocycles. The van der Waals surface area contributed by atoms with Gasteiger partial charge < -0.3 is 10.1 Å². The Balaban J connectivity index is 1.74. The van der Waals surface area contributed by atoms with Crippen molar-refractivity contribution in [3.8, 4) is 0 Å². The number of carbonyl (C=O) groups is 3. The number of anilines is 2. The van der Waals surface area contributed by atoms with Crippen LogP contribution in [-0.4, -0.2) is 24.4 Å². The maximum absolute atomic E-state index is 13.7. The minimum Gasteiger partial charge on any atom is -0.462 e. The highest BCUT2D eigenvalue weighted by molar-refractivity contribution is 14.1. The van der Waals surface area contributed by atoms with Crippen LogP contribution in [0.4, 0.5) is 11.4 Å². The van der Waals surface area contributed by atoms with Gasteiger partial charge in [0.15, 0.2) is 0 Å². The Labute approximate surface area is 221 Å². The van der Waals surface area contributed by atoms with Crippen LogP contribution in [0.15, 0.2) is 88.3 Å². The van der Waals surface area contributed by atoms with Crippen LogP contribution in [0.1, 0.15) is 29.3 Å². The molecular formula is C27H23IN2O4S. The molecule has 0 atom stereocenters. The van der Waals surface area contributed by atoms with Gasteiger partial charge in [-0.15, -0.1) is 0 Å². The van der Waals surface area contributed by atoms with Crippen LogP contribution in [0.25, 0.3) is 0 Å². The van der Waals surface area contributed by atoms with Crippen molar-refractivity contribution in [3.05, 3.63) is 98.1 Å². The molecule has 0 radical (unpaired) electrons. The molecule has 4 rings (SSSR count). The number of benzene rings is 3. The lowest BCUT2D eigenvalue weighted by molar-refractivity contribution is -0.120. The van der Waals surface area contributed by atoms with Gasteiger partial charge in [0.25, 0.3) is 11.8 Å². The van der Waals surface area contributed by atoms with Gasteiger partial charge in [-0.3, -0.25) is 9.59 Å². The molecule has 0 saturated carbocycles. The summed E-state index contributed by atoms with van der Waals surface area (Å²) in [6.45, 7) is 4.13. The summed E-state index contributed by atoms with van der Waals surface area (Å²) in [5, 5.41) is 3.14. The Kier molecular flexibility index (Phi) is 7.92. The molecule has 1 aliphatic rings. The fourth-order valence-electron chi connectivity index (χ4n) is 3.45. The van der Waals surface area contributed by atoms with Crippen molar-refractivity contribution in [2.75, 3.05) is 16.8 Å². The summed E-state index contributed by atoms with van der Waals surface area (Å²) in [5.74, 6) is -1.60. The predicted molar refractivity (Wildman–Crippen MR) is 146 cm³/mol. The number of rotatable bonds is 8. The lowest BCUT2D eigenvalue weighted by atomic mass is 10.1. The molecule has 6 nitrogen and oxygen atoms in total. The largest absolute Gasteiger partial charge is 0.462 e. The lowest BCUT2D eigenvalue weighted by Crippen LogP contribution is -2.33. The SMILES string of the molecule is CCCOC(=O)c1ccccc1N1C(=O)C(Nc2ccc(I)cc2)=C(Sc2ccc(C)cc2)C1=O. The van der Waals surface area contributed by atoms with Crippen LogP contribution in [0.3, 0.4) is 0 Å². The topological polar surface area (TPSA) is 75.7 Å². The first-order valence-corrected chi connectivity index (χ1v) is 12.9. The van der Waals surface area contributed by atoms with E-state index >= 15 is 0 Å². The minimum absolute atomic E-state index is 0.165. The van der Waals surface area contributed by atoms with Gasteiger partial charge in [-0.25, -0.2) is 9.69 Å². The van der Waals surface area contributed by atoms with Gasteiger partial charge >= 0.3 is 5.97 Å². The predicted octanol–water partition coefficient (Wildman–Crippen LogP) is 6.16. The second-order valence-corrected chi connectivity index (χ2v) is 10.2. The molecular weight excluding hydrogens is 575 g/mol. The Morgan fingerprint density at radius 3 is 2.34 bits per heavy atom. The van der Waals surface area contributed by atoms with Crippen LogP contribution in [0.5, 0.6) is 0 Å². The van der Waals surface area contributed by atoms with E-state index in [1.54, 1.807) is 24.3 Å². The van der Waals surface area contributed by atoms with Crippen LogP contribution in [-0.2, 0) is 14.3 Å². The molecule has 2 amide bonds. The molecule has 0 unspecified atom stereocenters. The molecule has 0 aromatic heterocycles. The number of nitrogens with zero attached hydrogens (tertiary/aromatic N) is 1. The number of hydrogen-bond donors (Lipinski definition) is 1. The average molecular weight is 598 g/mol. The van der Waals surface area contributed by atoms with E-state index in [1.165, 1.54) is 11.8 Å². The molecule has 0 fully saturated rings. The van der Waals surface area contributed by atoms with E-state index in [-0.39, 0.29) is 28.5 Å². The maximum Gasteiger partial charge on any atom is 0.340 e. The lowest BCUT2D eigenvalue weighted by Gasteiger charge is -2.18. The number of imide groups is 1. The fourth-order valence-corrected chi connectivity index (χ4v) is 4.74. The molecule has 1 N–H and O–H groups in total. The number of halogens is 1. The molecule has 1 aliphatic heterocycles. The maximum atomic E-state index is 13.7. The number of thioether (sulfide) groups is 1. The summed E-state index contributed by atoms with van der Waals surface area (Å²) < 4.78 is 6.34. The van der Waals surface area contributed by atoms with Gasteiger partial charge in [-0.2, -0.15) is 0 Å². The quantitative estimate of drug-likeness (QED) is 0.190. The zero-order chi connectivity index (χ0) is 24.9. The van der Waals surface area contributed by atoms with Gasteiger partial charge in [0.2, 0.25) is 0 Å². The third-order valence-corrected chi connectivity index (χ3v) is 7.01.